The van der Waals surface area contributed by atoms with Crippen LogP contribution in [0.2, 0.25) is 10.0 Å². The highest BCUT2D eigenvalue weighted by Gasteiger charge is 2.18. The first kappa shape index (κ1) is 14.2. The molecule has 1 aromatic carbocycles. The Morgan fingerprint density at radius 3 is 2.65 bits per heavy atom. The van der Waals surface area contributed by atoms with E-state index in [1.165, 1.54) is 0 Å². The summed E-state index contributed by atoms with van der Waals surface area (Å²) in [4.78, 5) is 4.48. The molecule has 3 heterocycles. The number of fused-ring (bicyclic) bond motifs is 1. The van der Waals surface area contributed by atoms with Gasteiger partial charge in [0.05, 0.1) is 10.7 Å². The molecule has 4 rings (SSSR count). The average Bonchev–Trinajstić information content (AvgIpc) is 3.10. The Morgan fingerprint density at radius 1 is 1.00 bits per heavy atom. The summed E-state index contributed by atoms with van der Waals surface area (Å²) >= 11 is 12.1. The number of aromatic nitrogens is 4. The van der Waals surface area contributed by atoms with E-state index in [-0.39, 0.29) is 0 Å². The molecule has 0 saturated heterocycles. The highest BCUT2D eigenvalue weighted by Crippen LogP contribution is 2.28. The minimum atomic E-state index is 0.382. The van der Waals surface area contributed by atoms with Gasteiger partial charge in [-0.2, -0.15) is 0 Å². The van der Waals surface area contributed by atoms with Gasteiger partial charge in [0, 0.05) is 16.8 Å². The average molecular weight is 345 g/mol. The predicted octanol–water partition coefficient (Wildman–Crippen LogP) is 4.67. The molecule has 0 amide bonds. The number of halogens is 2. The van der Waals surface area contributed by atoms with Gasteiger partial charge in [0.2, 0.25) is 5.89 Å². The number of imidazole rings is 1. The number of benzene rings is 1. The monoisotopic (exact) mass is 344 g/mol. The number of rotatable bonds is 2. The first-order chi connectivity index (χ1) is 11.1. The smallest absolute Gasteiger partial charge is 0.266 e. The van der Waals surface area contributed by atoms with E-state index in [1.807, 2.05) is 29.5 Å². The Hall–Kier alpha value is -2.37. The molecule has 7 heteroatoms. The van der Waals surface area contributed by atoms with Gasteiger partial charge in [-0.15, -0.1) is 10.2 Å². The Balaban J connectivity index is 1.86. The SMILES string of the molecule is Cc1nc2ccc(Cl)cn2c1-c1nnc(-c2cccc(Cl)c2)o1. The Labute approximate surface area is 141 Å². The van der Waals surface area contributed by atoms with Gasteiger partial charge in [-0.1, -0.05) is 29.3 Å². The summed E-state index contributed by atoms with van der Waals surface area (Å²) in [6.45, 7) is 1.89. The number of hydrogen-bond acceptors (Lipinski definition) is 4. The lowest BCUT2D eigenvalue weighted by molar-refractivity contribution is 0.581. The van der Waals surface area contributed by atoms with Crippen LogP contribution in [0, 0.1) is 6.92 Å². The minimum absolute atomic E-state index is 0.382. The van der Waals surface area contributed by atoms with E-state index >= 15 is 0 Å². The van der Waals surface area contributed by atoms with Crippen molar-refractivity contribution in [2.45, 2.75) is 6.92 Å². The molecule has 4 aromatic rings. The second-order valence-corrected chi connectivity index (χ2v) is 5.92. The molecule has 5 nitrogen and oxygen atoms in total. The fourth-order valence-electron chi connectivity index (χ4n) is 2.45. The molecule has 0 unspecified atom stereocenters. The molecule has 0 aliphatic heterocycles. The van der Waals surface area contributed by atoms with E-state index in [0.29, 0.717) is 21.8 Å². The third-order valence-electron chi connectivity index (χ3n) is 3.46. The molecule has 0 aliphatic rings. The van der Waals surface area contributed by atoms with Gasteiger partial charge in [-0.05, 0) is 37.3 Å². The minimum Gasteiger partial charge on any atom is -0.415 e. The van der Waals surface area contributed by atoms with E-state index in [0.717, 1.165) is 22.6 Å². The molecule has 0 radical (unpaired) electrons. The van der Waals surface area contributed by atoms with Crippen molar-refractivity contribution in [1.82, 2.24) is 19.6 Å². The molecule has 0 bridgehead atoms. The number of aryl methyl sites for hydroxylation is 1. The zero-order valence-corrected chi connectivity index (χ0v) is 13.5. The predicted molar refractivity (Wildman–Crippen MR) is 88.7 cm³/mol. The Morgan fingerprint density at radius 2 is 1.83 bits per heavy atom. The number of hydrogen-bond donors (Lipinski definition) is 0. The van der Waals surface area contributed by atoms with E-state index in [2.05, 4.69) is 15.2 Å². The summed E-state index contributed by atoms with van der Waals surface area (Å²) in [6, 6.07) is 10.9. The summed E-state index contributed by atoms with van der Waals surface area (Å²) in [5.41, 5.74) is 3.04. The van der Waals surface area contributed by atoms with Gasteiger partial charge in [-0.25, -0.2) is 4.98 Å². The van der Waals surface area contributed by atoms with E-state index in [4.69, 9.17) is 27.6 Å². The number of nitrogens with zero attached hydrogens (tertiary/aromatic N) is 4. The molecule has 0 atom stereocenters. The molecule has 0 spiro atoms. The van der Waals surface area contributed by atoms with Crippen LogP contribution in [0.4, 0.5) is 0 Å². The van der Waals surface area contributed by atoms with E-state index in [9.17, 15) is 0 Å². The normalized spacial score (nSPS) is 11.3. The zero-order chi connectivity index (χ0) is 16.0. The van der Waals surface area contributed by atoms with Crippen LogP contribution in [-0.4, -0.2) is 19.6 Å². The van der Waals surface area contributed by atoms with Crippen LogP contribution in [0.1, 0.15) is 5.69 Å². The first-order valence-corrected chi connectivity index (χ1v) is 7.61. The van der Waals surface area contributed by atoms with Crippen LogP contribution in [0.5, 0.6) is 0 Å². The van der Waals surface area contributed by atoms with Crippen molar-refractivity contribution in [3.63, 3.8) is 0 Å². The van der Waals surface area contributed by atoms with E-state index in [1.54, 1.807) is 24.4 Å². The summed E-state index contributed by atoms with van der Waals surface area (Å²) in [5.74, 6) is 0.783. The van der Waals surface area contributed by atoms with Gasteiger partial charge in [0.15, 0.2) is 0 Å². The molecule has 0 fully saturated rings. The lowest BCUT2D eigenvalue weighted by Crippen LogP contribution is -1.89. The summed E-state index contributed by atoms with van der Waals surface area (Å²) in [6.07, 6.45) is 1.77. The van der Waals surface area contributed by atoms with Gasteiger partial charge >= 0.3 is 0 Å². The van der Waals surface area contributed by atoms with Crippen LogP contribution < -0.4 is 0 Å². The van der Waals surface area contributed by atoms with Crippen LogP contribution in [0.3, 0.4) is 0 Å². The third-order valence-corrected chi connectivity index (χ3v) is 3.91. The lowest BCUT2D eigenvalue weighted by atomic mass is 10.2. The molecular formula is C16H10Cl2N4O. The molecule has 0 saturated carbocycles. The van der Waals surface area contributed by atoms with Gasteiger partial charge in [0.1, 0.15) is 11.3 Å². The van der Waals surface area contributed by atoms with Gasteiger partial charge in [0.25, 0.3) is 5.89 Å². The number of pyridine rings is 1. The van der Waals surface area contributed by atoms with Gasteiger partial charge < -0.3 is 4.42 Å². The third kappa shape index (κ3) is 2.48. The molecule has 3 aromatic heterocycles. The molecule has 114 valence electrons. The van der Waals surface area contributed by atoms with E-state index < -0.39 is 0 Å². The quantitative estimate of drug-likeness (QED) is 0.530. The topological polar surface area (TPSA) is 56.2 Å². The largest absolute Gasteiger partial charge is 0.415 e. The molecule has 23 heavy (non-hydrogen) atoms. The highest BCUT2D eigenvalue weighted by atomic mass is 35.5. The second kappa shape index (κ2) is 5.37. The summed E-state index contributed by atoms with van der Waals surface area (Å²) < 4.78 is 7.65. The maximum atomic E-state index is 6.08. The standard InChI is InChI=1S/C16H10Cl2N4O/c1-9-14(22-8-12(18)5-6-13(22)19-9)16-21-20-15(23-16)10-3-2-4-11(17)7-10/h2-8H,1H3. The molecular weight excluding hydrogens is 335 g/mol. The van der Waals surface area contributed by atoms with Crippen molar-refractivity contribution in [1.29, 1.82) is 0 Å². The summed E-state index contributed by atoms with van der Waals surface area (Å²) in [5, 5.41) is 9.46. The van der Waals surface area contributed by atoms with Gasteiger partial charge in [-0.3, -0.25) is 4.40 Å². The molecule has 0 N–H and O–H groups in total. The van der Waals surface area contributed by atoms with Crippen LogP contribution in [0.25, 0.3) is 28.7 Å². The van der Waals surface area contributed by atoms with Crippen molar-refractivity contribution in [2.24, 2.45) is 0 Å². The Kier molecular flexibility index (Phi) is 3.32. The molecule has 0 aliphatic carbocycles. The lowest BCUT2D eigenvalue weighted by Gasteiger charge is -1.99. The fourth-order valence-corrected chi connectivity index (χ4v) is 2.80. The van der Waals surface area contributed by atoms with Crippen molar-refractivity contribution < 1.29 is 4.42 Å². The van der Waals surface area contributed by atoms with Crippen LogP contribution in [-0.2, 0) is 0 Å². The Bertz CT molecular complexity index is 1020. The zero-order valence-electron chi connectivity index (χ0n) is 12.0. The maximum Gasteiger partial charge on any atom is 0.266 e. The first-order valence-electron chi connectivity index (χ1n) is 6.86. The highest BCUT2D eigenvalue weighted by molar-refractivity contribution is 6.31. The fraction of sp³-hybridized carbons (Fsp3) is 0.0625. The maximum absolute atomic E-state index is 6.08. The van der Waals surface area contributed by atoms with Crippen LogP contribution >= 0.6 is 23.2 Å². The van der Waals surface area contributed by atoms with Crippen molar-refractivity contribution in [2.75, 3.05) is 0 Å². The van der Waals surface area contributed by atoms with Crippen molar-refractivity contribution >= 4 is 28.8 Å². The van der Waals surface area contributed by atoms with Crippen molar-refractivity contribution in [3.05, 3.63) is 58.3 Å². The van der Waals surface area contributed by atoms with Crippen LogP contribution in [0.15, 0.2) is 47.0 Å². The van der Waals surface area contributed by atoms with Crippen molar-refractivity contribution in [3.8, 4) is 23.0 Å². The second-order valence-electron chi connectivity index (χ2n) is 5.04. The summed E-state index contributed by atoms with van der Waals surface area (Å²) in [7, 11) is 0.